The number of aliphatic imine (C=N–C) groups is 1. The van der Waals surface area contributed by atoms with Crippen molar-refractivity contribution in [2.45, 2.75) is 33.2 Å². The van der Waals surface area contributed by atoms with Gasteiger partial charge < -0.3 is 19.5 Å². The molecule has 0 aliphatic rings. The van der Waals surface area contributed by atoms with Gasteiger partial charge in [0.15, 0.2) is 5.96 Å². The van der Waals surface area contributed by atoms with Gasteiger partial charge in [0.2, 0.25) is 0 Å². The van der Waals surface area contributed by atoms with Crippen molar-refractivity contribution in [2.75, 3.05) is 27.7 Å². The molecule has 0 spiro atoms. The topological polar surface area (TPSA) is 62.9 Å². The van der Waals surface area contributed by atoms with Crippen LogP contribution in [0.5, 0.6) is 5.75 Å². The van der Waals surface area contributed by atoms with Crippen molar-refractivity contribution in [1.82, 2.24) is 15.4 Å². The van der Waals surface area contributed by atoms with Crippen molar-refractivity contribution in [1.29, 1.82) is 0 Å². The summed E-state index contributed by atoms with van der Waals surface area (Å²) in [5, 5.41) is 7.47. The molecule has 2 rings (SSSR count). The predicted octanol–water partition coefficient (Wildman–Crippen LogP) is 3.73. The van der Waals surface area contributed by atoms with E-state index in [0.717, 1.165) is 36.3 Å². The molecule has 7 heteroatoms. The van der Waals surface area contributed by atoms with Gasteiger partial charge in [0.25, 0.3) is 0 Å². The van der Waals surface area contributed by atoms with Gasteiger partial charge in [0.05, 0.1) is 12.8 Å². The van der Waals surface area contributed by atoms with Crippen LogP contribution in [0.15, 0.2) is 33.8 Å². The standard InChI is InChI=1S/C19H28N4O2.HI/c1-13(18-14(2)22-25-15(18)3)11-21-19(20-4)23(5)12-16-7-9-17(24-6)10-8-16;/h7-10,13H,11-12H2,1-6H3,(H,20,21);1H. The maximum absolute atomic E-state index is 5.27. The highest BCUT2D eigenvalue weighted by Gasteiger charge is 2.17. The van der Waals surface area contributed by atoms with Crippen molar-refractivity contribution in [3.8, 4) is 5.75 Å². The van der Waals surface area contributed by atoms with E-state index in [1.54, 1.807) is 14.2 Å². The summed E-state index contributed by atoms with van der Waals surface area (Å²) in [4.78, 5) is 6.48. The molecule has 0 aliphatic carbocycles. The number of ether oxygens (including phenoxy) is 1. The highest BCUT2D eigenvalue weighted by atomic mass is 127. The third kappa shape index (κ3) is 5.62. The summed E-state index contributed by atoms with van der Waals surface area (Å²) in [6.07, 6.45) is 0. The van der Waals surface area contributed by atoms with Crippen LogP contribution in [0.1, 0.15) is 35.4 Å². The normalized spacial score (nSPS) is 12.3. The molecule has 0 aliphatic heterocycles. The fourth-order valence-electron chi connectivity index (χ4n) is 3.00. The zero-order valence-corrected chi connectivity index (χ0v) is 18.7. The van der Waals surface area contributed by atoms with Gasteiger partial charge in [-0.1, -0.05) is 24.2 Å². The number of aryl methyl sites for hydroxylation is 2. The Kier molecular flexibility index (Phi) is 8.91. The number of methoxy groups -OCH3 is 1. The molecule has 6 nitrogen and oxygen atoms in total. The number of benzene rings is 1. The molecule has 0 saturated carbocycles. The number of nitrogens with zero attached hydrogens (tertiary/aromatic N) is 3. The largest absolute Gasteiger partial charge is 0.497 e. The molecular weight excluding hydrogens is 443 g/mol. The average Bonchev–Trinajstić information content (AvgIpc) is 2.94. The Morgan fingerprint density at radius 1 is 1.31 bits per heavy atom. The van der Waals surface area contributed by atoms with E-state index >= 15 is 0 Å². The number of halogens is 1. The number of nitrogens with one attached hydrogen (secondary N) is 1. The van der Waals surface area contributed by atoms with Crippen molar-refractivity contribution < 1.29 is 9.26 Å². The maximum atomic E-state index is 5.27. The Morgan fingerprint density at radius 3 is 2.46 bits per heavy atom. The van der Waals surface area contributed by atoms with Gasteiger partial charge in [-0.2, -0.15) is 0 Å². The van der Waals surface area contributed by atoms with Crippen LogP contribution < -0.4 is 10.1 Å². The van der Waals surface area contributed by atoms with Gasteiger partial charge in [-0.05, 0) is 31.5 Å². The number of aromatic nitrogens is 1. The minimum atomic E-state index is 0. The highest BCUT2D eigenvalue weighted by molar-refractivity contribution is 14.0. The Labute approximate surface area is 173 Å². The summed E-state index contributed by atoms with van der Waals surface area (Å²) in [6.45, 7) is 7.63. The first-order chi connectivity index (χ1) is 12.0. The Morgan fingerprint density at radius 2 is 1.96 bits per heavy atom. The molecule has 144 valence electrons. The van der Waals surface area contributed by atoms with Gasteiger partial charge in [-0.3, -0.25) is 4.99 Å². The monoisotopic (exact) mass is 472 g/mol. The van der Waals surface area contributed by atoms with E-state index in [4.69, 9.17) is 9.26 Å². The molecule has 1 aromatic carbocycles. The van der Waals surface area contributed by atoms with Crippen LogP contribution in [0.25, 0.3) is 0 Å². The van der Waals surface area contributed by atoms with E-state index in [0.29, 0.717) is 0 Å². The molecule has 2 aromatic rings. The summed E-state index contributed by atoms with van der Waals surface area (Å²) in [7, 11) is 5.50. The fourth-order valence-corrected chi connectivity index (χ4v) is 3.00. The Balaban J connectivity index is 0.00000338. The summed E-state index contributed by atoms with van der Waals surface area (Å²) < 4.78 is 10.5. The van der Waals surface area contributed by atoms with Gasteiger partial charge in [-0.15, -0.1) is 24.0 Å². The van der Waals surface area contributed by atoms with Crippen LogP contribution in [0.2, 0.25) is 0 Å². The zero-order chi connectivity index (χ0) is 18.4. The van der Waals surface area contributed by atoms with Crippen LogP contribution in [-0.2, 0) is 6.54 Å². The summed E-state index contributed by atoms with van der Waals surface area (Å²) in [6, 6.07) is 8.07. The molecule has 1 atom stereocenters. The second-order valence-electron chi connectivity index (χ2n) is 6.27. The minimum Gasteiger partial charge on any atom is -0.497 e. The lowest BCUT2D eigenvalue weighted by molar-refractivity contribution is 0.391. The SMILES string of the molecule is CN=C(NCC(C)c1c(C)noc1C)N(C)Cc1ccc(OC)cc1.I. The van der Waals surface area contributed by atoms with E-state index in [2.05, 4.69) is 39.4 Å². The van der Waals surface area contributed by atoms with E-state index in [9.17, 15) is 0 Å². The zero-order valence-electron chi connectivity index (χ0n) is 16.4. The van der Waals surface area contributed by atoms with Crippen molar-refractivity contribution in [2.24, 2.45) is 4.99 Å². The molecule has 0 amide bonds. The summed E-state index contributed by atoms with van der Waals surface area (Å²) in [5.41, 5.74) is 3.32. The number of hydrogen-bond acceptors (Lipinski definition) is 4. The van der Waals surface area contributed by atoms with Gasteiger partial charge in [0, 0.05) is 38.7 Å². The summed E-state index contributed by atoms with van der Waals surface area (Å²) in [5.74, 6) is 2.89. The average molecular weight is 472 g/mol. The predicted molar refractivity (Wildman–Crippen MR) is 116 cm³/mol. The third-order valence-corrected chi connectivity index (χ3v) is 4.30. The Bertz CT molecular complexity index is 693. The smallest absolute Gasteiger partial charge is 0.193 e. The van der Waals surface area contributed by atoms with Crippen molar-refractivity contribution >= 4 is 29.9 Å². The van der Waals surface area contributed by atoms with Crippen LogP contribution in [-0.4, -0.2) is 43.8 Å². The molecule has 26 heavy (non-hydrogen) atoms. The quantitative estimate of drug-likeness (QED) is 0.395. The van der Waals surface area contributed by atoms with E-state index in [1.807, 2.05) is 33.0 Å². The van der Waals surface area contributed by atoms with Crippen LogP contribution in [0.3, 0.4) is 0 Å². The van der Waals surface area contributed by atoms with Crippen LogP contribution in [0.4, 0.5) is 0 Å². The molecule has 0 radical (unpaired) electrons. The first-order valence-electron chi connectivity index (χ1n) is 8.43. The summed E-state index contributed by atoms with van der Waals surface area (Å²) >= 11 is 0. The van der Waals surface area contributed by atoms with E-state index in [1.165, 1.54) is 11.1 Å². The number of guanidine groups is 1. The first kappa shape index (κ1) is 22.3. The molecular formula is C19H29IN4O2. The van der Waals surface area contributed by atoms with Gasteiger partial charge in [-0.25, -0.2) is 0 Å². The minimum absolute atomic E-state index is 0. The van der Waals surface area contributed by atoms with Crippen molar-refractivity contribution in [3.05, 3.63) is 46.8 Å². The molecule has 1 N–H and O–H groups in total. The third-order valence-electron chi connectivity index (χ3n) is 4.30. The van der Waals surface area contributed by atoms with Gasteiger partial charge >= 0.3 is 0 Å². The van der Waals surface area contributed by atoms with Crippen molar-refractivity contribution in [3.63, 3.8) is 0 Å². The molecule has 0 fully saturated rings. The maximum Gasteiger partial charge on any atom is 0.193 e. The lowest BCUT2D eigenvalue weighted by Crippen LogP contribution is -2.40. The lowest BCUT2D eigenvalue weighted by Gasteiger charge is -2.23. The van der Waals surface area contributed by atoms with Gasteiger partial charge in [0.1, 0.15) is 11.5 Å². The lowest BCUT2D eigenvalue weighted by atomic mass is 10.00. The fraction of sp³-hybridized carbons (Fsp3) is 0.474. The Hall–Kier alpha value is -1.77. The molecule has 1 aromatic heterocycles. The molecule has 1 unspecified atom stereocenters. The van der Waals surface area contributed by atoms with E-state index < -0.39 is 0 Å². The molecule has 1 heterocycles. The number of rotatable bonds is 6. The molecule has 0 saturated heterocycles. The van der Waals surface area contributed by atoms with E-state index in [-0.39, 0.29) is 29.9 Å². The van der Waals surface area contributed by atoms with Crippen LogP contribution >= 0.6 is 24.0 Å². The molecule has 0 bridgehead atoms. The van der Waals surface area contributed by atoms with Crippen LogP contribution in [0, 0.1) is 13.8 Å². The highest BCUT2D eigenvalue weighted by Crippen LogP contribution is 2.22. The second-order valence-corrected chi connectivity index (χ2v) is 6.27. The first-order valence-corrected chi connectivity index (χ1v) is 8.43. The number of hydrogen-bond donors (Lipinski definition) is 1. The second kappa shape index (κ2) is 10.4.